The minimum absolute atomic E-state index is 0.195. The Balaban J connectivity index is 2.16. The molecule has 6 N–H and O–H groups in total. The predicted molar refractivity (Wildman–Crippen MR) is 377 cm³/mol. The minimum Gasteiger partial charge on any atom is -0.394 e. The molecule has 0 aromatic carbocycles. The number of hydrogen-bond donors (Lipinski definition) is 6. The molecular formula is C79H133NO8. The number of ether oxygens (including phenoxy) is 2. The van der Waals surface area contributed by atoms with Crippen LogP contribution in [0.4, 0.5) is 0 Å². The van der Waals surface area contributed by atoms with Crippen LogP contribution in [0.5, 0.6) is 0 Å². The van der Waals surface area contributed by atoms with Crippen molar-refractivity contribution in [3.05, 3.63) is 146 Å². The van der Waals surface area contributed by atoms with Crippen molar-refractivity contribution in [2.75, 3.05) is 13.2 Å². The second-order valence-electron chi connectivity index (χ2n) is 24.3. The Hall–Kier alpha value is -3.93. The van der Waals surface area contributed by atoms with Gasteiger partial charge in [-0.05, 0) is 109 Å². The Morgan fingerprint density at radius 3 is 1.09 bits per heavy atom. The fourth-order valence-corrected chi connectivity index (χ4v) is 10.6. The van der Waals surface area contributed by atoms with Crippen molar-refractivity contribution in [2.24, 2.45) is 0 Å². The zero-order valence-electron chi connectivity index (χ0n) is 56.2. The molecule has 0 aromatic heterocycles. The van der Waals surface area contributed by atoms with E-state index in [0.717, 1.165) is 116 Å². The highest BCUT2D eigenvalue weighted by Gasteiger charge is 2.44. The molecule has 9 nitrogen and oxygen atoms in total. The topological polar surface area (TPSA) is 149 Å². The molecule has 0 radical (unpaired) electrons. The molecular weight excluding hydrogens is 1090 g/mol. The van der Waals surface area contributed by atoms with Gasteiger partial charge < -0.3 is 40.3 Å². The van der Waals surface area contributed by atoms with Gasteiger partial charge in [-0.15, -0.1) is 0 Å². The van der Waals surface area contributed by atoms with Crippen molar-refractivity contribution in [3.8, 4) is 0 Å². The Kier molecular flexibility index (Phi) is 61.6. The maximum absolute atomic E-state index is 13.1. The molecule has 7 atom stereocenters. The third-order valence-electron chi connectivity index (χ3n) is 16.1. The first-order valence-electron chi connectivity index (χ1n) is 36.1. The van der Waals surface area contributed by atoms with Crippen LogP contribution < -0.4 is 5.32 Å². The maximum Gasteiger partial charge on any atom is 0.220 e. The van der Waals surface area contributed by atoms with E-state index in [2.05, 4.69) is 153 Å². The average Bonchev–Trinajstić information content (AvgIpc) is 3.31. The van der Waals surface area contributed by atoms with E-state index in [9.17, 15) is 30.3 Å². The van der Waals surface area contributed by atoms with Gasteiger partial charge in [-0.25, -0.2) is 0 Å². The van der Waals surface area contributed by atoms with E-state index in [-0.39, 0.29) is 12.5 Å². The largest absolute Gasteiger partial charge is 0.394 e. The zero-order chi connectivity index (χ0) is 63.5. The van der Waals surface area contributed by atoms with E-state index in [1.807, 2.05) is 6.08 Å². The number of carbonyl (C=O) groups is 1. The summed E-state index contributed by atoms with van der Waals surface area (Å²) in [5.74, 6) is -0.195. The van der Waals surface area contributed by atoms with Gasteiger partial charge in [-0.3, -0.25) is 4.79 Å². The van der Waals surface area contributed by atoms with Gasteiger partial charge in [0.05, 0.1) is 25.4 Å². The van der Waals surface area contributed by atoms with E-state index in [0.29, 0.717) is 6.42 Å². The van der Waals surface area contributed by atoms with E-state index in [1.165, 1.54) is 154 Å². The summed E-state index contributed by atoms with van der Waals surface area (Å²) in [5.41, 5.74) is 0. The van der Waals surface area contributed by atoms with E-state index in [4.69, 9.17) is 9.47 Å². The molecule has 0 saturated carbocycles. The van der Waals surface area contributed by atoms with Gasteiger partial charge in [-0.1, -0.05) is 320 Å². The van der Waals surface area contributed by atoms with Gasteiger partial charge in [0.1, 0.15) is 24.4 Å². The summed E-state index contributed by atoms with van der Waals surface area (Å²) in [6.07, 6.45) is 95.2. The summed E-state index contributed by atoms with van der Waals surface area (Å²) >= 11 is 0. The molecule has 88 heavy (non-hydrogen) atoms. The molecule has 1 amide bonds. The Morgan fingerprint density at radius 1 is 0.398 bits per heavy atom. The molecule has 1 saturated heterocycles. The monoisotopic (exact) mass is 1220 g/mol. The van der Waals surface area contributed by atoms with Crippen LogP contribution in [0.2, 0.25) is 0 Å². The van der Waals surface area contributed by atoms with E-state index >= 15 is 0 Å². The second kappa shape index (κ2) is 66.0. The van der Waals surface area contributed by atoms with Gasteiger partial charge in [0.25, 0.3) is 0 Å². The highest BCUT2D eigenvalue weighted by Crippen LogP contribution is 2.23. The molecule has 7 unspecified atom stereocenters. The molecule has 1 fully saturated rings. The molecule has 9 heteroatoms. The van der Waals surface area contributed by atoms with Gasteiger partial charge >= 0.3 is 0 Å². The Labute approximate surface area is 540 Å². The van der Waals surface area contributed by atoms with Gasteiger partial charge in [0.2, 0.25) is 5.91 Å². The quantitative estimate of drug-likeness (QED) is 0.0261. The minimum atomic E-state index is -1.58. The van der Waals surface area contributed by atoms with Gasteiger partial charge in [-0.2, -0.15) is 0 Å². The maximum atomic E-state index is 13.1. The molecule has 0 bridgehead atoms. The number of nitrogens with one attached hydrogen (secondary N) is 1. The van der Waals surface area contributed by atoms with Gasteiger partial charge in [0.15, 0.2) is 6.29 Å². The van der Waals surface area contributed by atoms with Crippen LogP contribution in [0.3, 0.4) is 0 Å². The number of amides is 1. The van der Waals surface area contributed by atoms with Crippen molar-refractivity contribution >= 4 is 5.91 Å². The number of carbonyl (C=O) groups excluding carboxylic acids is 1. The summed E-state index contributed by atoms with van der Waals surface area (Å²) in [7, 11) is 0. The smallest absolute Gasteiger partial charge is 0.220 e. The molecule has 1 heterocycles. The highest BCUT2D eigenvalue weighted by molar-refractivity contribution is 5.76. The summed E-state index contributed by atoms with van der Waals surface area (Å²) in [4.78, 5) is 13.1. The van der Waals surface area contributed by atoms with Crippen molar-refractivity contribution in [1.82, 2.24) is 5.32 Å². The van der Waals surface area contributed by atoms with Crippen molar-refractivity contribution in [3.63, 3.8) is 0 Å². The number of aliphatic hydroxyl groups is 5. The lowest BCUT2D eigenvalue weighted by molar-refractivity contribution is -0.302. The van der Waals surface area contributed by atoms with Crippen molar-refractivity contribution in [1.29, 1.82) is 0 Å². The third-order valence-corrected chi connectivity index (χ3v) is 16.1. The number of rotatable bonds is 61. The van der Waals surface area contributed by atoms with Crippen LogP contribution in [-0.4, -0.2) is 87.5 Å². The number of allylic oxidation sites excluding steroid dienone is 23. The van der Waals surface area contributed by atoms with Crippen LogP contribution in [0.25, 0.3) is 0 Å². The highest BCUT2D eigenvalue weighted by atomic mass is 16.7. The average molecular weight is 1220 g/mol. The second-order valence-corrected chi connectivity index (χ2v) is 24.3. The predicted octanol–water partition coefficient (Wildman–Crippen LogP) is 20.1. The summed E-state index contributed by atoms with van der Waals surface area (Å²) in [5, 5.41) is 54.7. The standard InChI is InChI=1S/C79H133NO8/c1-3-5-7-9-11-13-15-17-19-21-23-25-27-29-30-31-32-33-34-35-36-37-38-39-40-41-42-43-44-45-47-49-51-53-55-57-59-61-63-65-67-69-75(83)80-72(71-87-79-78(86)77(85)76(84)74(70-81)88-79)73(82)68-66-64-62-60-58-56-54-52-50-48-46-28-26-24-22-20-18-16-14-12-10-8-6-4-2/h5,7,11,13,17,19,23,25,29-30,32-33,35-36,38-39,41-42,44-45,58,60,66,68,72-74,76-79,81-82,84-86H,3-4,6,8-10,12,14-16,18,20-22,24,26-28,31,34,37,40,43,46-57,59,61-65,67,69-71H2,1-2H3,(H,80,83)/b7-5-,13-11-,19-17-,25-23-,30-29-,33-32-,36-35-,39-38-,42-41-,45-44-,60-58+,68-66+. The fraction of sp³-hybridized carbons (Fsp3) is 0.684. The molecule has 1 aliphatic rings. The summed E-state index contributed by atoms with van der Waals surface area (Å²) < 4.78 is 11.3. The first-order chi connectivity index (χ1) is 43.3. The van der Waals surface area contributed by atoms with Gasteiger partial charge in [0, 0.05) is 6.42 Å². The Bertz CT molecular complexity index is 1900. The van der Waals surface area contributed by atoms with Crippen LogP contribution in [0.15, 0.2) is 146 Å². The lowest BCUT2D eigenvalue weighted by Crippen LogP contribution is -2.60. The van der Waals surface area contributed by atoms with Crippen LogP contribution in [-0.2, 0) is 14.3 Å². The molecule has 0 aliphatic carbocycles. The first kappa shape index (κ1) is 82.1. The normalized spacial score (nSPS) is 18.8. The molecule has 0 aromatic rings. The molecule has 502 valence electrons. The number of aliphatic hydroxyl groups excluding tert-OH is 5. The zero-order valence-corrected chi connectivity index (χ0v) is 56.2. The lowest BCUT2D eigenvalue weighted by Gasteiger charge is -2.40. The summed E-state index contributed by atoms with van der Waals surface area (Å²) in [6, 6.07) is -0.835. The van der Waals surface area contributed by atoms with Crippen LogP contribution >= 0.6 is 0 Å². The van der Waals surface area contributed by atoms with Crippen molar-refractivity contribution < 1.29 is 39.8 Å². The van der Waals surface area contributed by atoms with Crippen LogP contribution in [0, 0.1) is 0 Å². The molecule has 1 aliphatic heterocycles. The SMILES string of the molecule is CC/C=C\C/C=C\C/C=C\C/C=C\C/C=C\C/C=C\C/C=C\C/C=C\C/C=C\C/C=C\CCCCCCCCCCCCC(=O)NC(COC1OC(CO)C(O)C(O)C1O)C(O)/C=C/CC/C=C/CCCCCCCCCCCCCCCCCCCC. The molecule has 0 spiro atoms. The Morgan fingerprint density at radius 2 is 0.716 bits per heavy atom. The third kappa shape index (κ3) is 53.9. The van der Waals surface area contributed by atoms with Crippen molar-refractivity contribution in [2.45, 2.75) is 333 Å². The van der Waals surface area contributed by atoms with Crippen LogP contribution in [0.1, 0.15) is 290 Å². The molecule has 1 rings (SSSR count). The van der Waals surface area contributed by atoms with E-state index < -0.39 is 49.5 Å². The number of unbranched alkanes of at least 4 members (excludes halogenated alkanes) is 29. The van der Waals surface area contributed by atoms with E-state index in [1.54, 1.807) is 6.08 Å². The lowest BCUT2D eigenvalue weighted by atomic mass is 9.99. The first-order valence-corrected chi connectivity index (χ1v) is 36.1. The summed E-state index contributed by atoms with van der Waals surface area (Å²) in [6.45, 7) is 3.66. The number of hydrogen-bond acceptors (Lipinski definition) is 8. The fourth-order valence-electron chi connectivity index (χ4n) is 10.6.